The summed E-state index contributed by atoms with van der Waals surface area (Å²) in [6, 6.07) is 12.8. The van der Waals surface area contributed by atoms with E-state index < -0.39 is 30.5 Å². The van der Waals surface area contributed by atoms with Crippen molar-refractivity contribution >= 4 is 22.6 Å². The van der Waals surface area contributed by atoms with E-state index in [1.54, 1.807) is 17.4 Å². The Hall–Kier alpha value is -2.57. The van der Waals surface area contributed by atoms with Gasteiger partial charge in [0.2, 0.25) is 0 Å². The first-order valence-electron chi connectivity index (χ1n) is 6.83. The van der Waals surface area contributed by atoms with Gasteiger partial charge in [-0.15, -0.1) is 0 Å². The van der Waals surface area contributed by atoms with Crippen LogP contribution in [-0.4, -0.2) is 29.7 Å². The molecule has 2 N–H and O–H groups in total. The molecule has 0 saturated carbocycles. The molecule has 1 unspecified atom stereocenters. The van der Waals surface area contributed by atoms with Gasteiger partial charge in [-0.2, -0.15) is 13.2 Å². The standard InChI is InChI=1S/C16H14F3NO3/c17-16(18,19)15(23)20-9-13(14(21)22)8-10-5-6-11-3-1-2-4-12(11)7-10/h1-7,13H,8-9H2,(H,20,23)(H,21,22). The number of carboxylic acids is 1. The maximum Gasteiger partial charge on any atom is 0.471 e. The minimum Gasteiger partial charge on any atom is -0.481 e. The van der Waals surface area contributed by atoms with Gasteiger partial charge < -0.3 is 10.4 Å². The fourth-order valence-corrected chi connectivity index (χ4v) is 2.21. The molecule has 0 heterocycles. The fourth-order valence-electron chi connectivity index (χ4n) is 2.21. The molecule has 0 aliphatic rings. The molecule has 0 spiro atoms. The zero-order valence-corrected chi connectivity index (χ0v) is 11.9. The highest BCUT2D eigenvalue weighted by Gasteiger charge is 2.39. The summed E-state index contributed by atoms with van der Waals surface area (Å²) in [5, 5.41) is 12.6. The summed E-state index contributed by atoms with van der Waals surface area (Å²) in [7, 11) is 0. The normalized spacial score (nSPS) is 12.8. The number of hydrogen-bond donors (Lipinski definition) is 2. The third-order valence-corrected chi connectivity index (χ3v) is 3.41. The zero-order valence-electron chi connectivity index (χ0n) is 11.9. The summed E-state index contributed by atoms with van der Waals surface area (Å²) >= 11 is 0. The lowest BCUT2D eigenvalue weighted by molar-refractivity contribution is -0.174. The maximum atomic E-state index is 12.1. The van der Waals surface area contributed by atoms with Crippen LogP contribution in [0.1, 0.15) is 5.56 Å². The topological polar surface area (TPSA) is 66.4 Å². The molecule has 0 saturated heterocycles. The Morgan fingerprint density at radius 1 is 1.09 bits per heavy atom. The van der Waals surface area contributed by atoms with Crippen molar-refractivity contribution in [3.63, 3.8) is 0 Å². The molecule has 0 radical (unpaired) electrons. The molecule has 122 valence electrons. The van der Waals surface area contributed by atoms with Crippen LogP contribution in [0.3, 0.4) is 0 Å². The van der Waals surface area contributed by atoms with Gasteiger partial charge in [-0.25, -0.2) is 0 Å². The minimum atomic E-state index is -5.02. The number of carbonyl (C=O) groups is 2. The van der Waals surface area contributed by atoms with Crippen LogP contribution in [0.4, 0.5) is 13.2 Å². The Bertz CT molecular complexity index is 728. The van der Waals surface area contributed by atoms with Crippen LogP contribution in [0.5, 0.6) is 0 Å². The summed E-state index contributed by atoms with van der Waals surface area (Å²) in [5.74, 6) is -4.54. The van der Waals surface area contributed by atoms with Crippen LogP contribution < -0.4 is 5.32 Å². The highest BCUT2D eigenvalue weighted by atomic mass is 19.4. The Morgan fingerprint density at radius 2 is 1.74 bits per heavy atom. The van der Waals surface area contributed by atoms with Crippen molar-refractivity contribution < 1.29 is 27.9 Å². The van der Waals surface area contributed by atoms with Crippen molar-refractivity contribution in [2.24, 2.45) is 5.92 Å². The Kier molecular flexibility index (Phi) is 4.88. The highest BCUT2D eigenvalue weighted by Crippen LogP contribution is 2.19. The number of alkyl halides is 3. The number of rotatable bonds is 5. The van der Waals surface area contributed by atoms with Gasteiger partial charge in [-0.3, -0.25) is 9.59 Å². The van der Waals surface area contributed by atoms with E-state index in [0.717, 1.165) is 10.8 Å². The monoisotopic (exact) mass is 325 g/mol. The van der Waals surface area contributed by atoms with Crippen molar-refractivity contribution in [1.29, 1.82) is 0 Å². The molecule has 2 rings (SSSR count). The summed E-state index contributed by atoms with van der Waals surface area (Å²) in [6.07, 6.45) is -5.00. The Labute approximate surface area is 129 Å². The summed E-state index contributed by atoms with van der Waals surface area (Å²) in [4.78, 5) is 22.0. The van der Waals surface area contributed by atoms with Crippen LogP contribution >= 0.6 is 0 Å². The van der Waals surface area contributed by atoms with E-state index >= 15 is 0 Å². The average Bonchev–Trinajstić information content (AvgIpc) is 2.49. The second-order valence-corrected chi connectivity index (χ2v) is 5.13. The van der Waals surface area contributed by atoms with Gasteiger partial charge in [0.1, 0.15) is 0 Å². The second kappa shape index (κ2) is 6.68. The number of nitrogens with one attached hydrogen (secondary N) is 1. The van der Waals surface area contributed by atoms with Gasteiger partial charge in [-0.1, -0.05) is 42.5 Å². The molecule has 2 aromatic rings. The number of carbonyl (C=O) groups excluding carboxylic acids is 1. The number of benzene rings is 2. The largest absolute Gasteiger partial charge is 0.481 e. The van der Waals surface area contributed by atoms with E-state index in [0.29, 0.717) is 5.56 Å². The van der Waals surface area contributed by atoms with Gasteiger partial charge >= 0.3 is 18.1 Å². The first-order chi connectivity index (χ1) is 10.8. The smallest absolute Gasteiger partial charge is 0.471 e. The molecule has 23 heavy (non-hydrogen) atoms. The van der Waals surface area contributed by atoms with Crippen molar-refractivity contribution in [2.75, 3.05) is 6.54 Å². The number of halogens is 3. The molecule has 4 nitrogen and oxygen atoms in total. The van der Waals surface area contributed by atoms with E-state index in [2.05, 4.69) is 0 Å². The van der Waals surface area contributed by atoms with Crippen LogP contribution in [0, 0.1) is 5.92 Å². The summed E-state index contributed by atoms with van der Waals surface area (Å²) in [6.45, 7) is -0.583. The van der Waals surface area contributed by atoms with Crippen molar-refractivity contribution in [1.82, 2.24) is 5.32 Å². The van der Waals surface area contributed by atoms with Gasteiger partial charge in [0.15, 0.2) is 0 Å². The van der Waals surface area contributed by atoms with Crippen LogP contribution in [0.2, 0.25) is 0 Å². The maximum absolute atomic E-state index is 12.1. The van der Waals surface area contributed by atoms with Crippen molar-refractivity contribution in [3.05, 3.63) is 48.0 Å². The third-order valence-electron chi connectivity index (χ3n) is 3.41. The van der Waals surface area contributed by atoms with E-state index in [1.165, 1.54) is 0 Å². The lowest BCUT2D eigenvalue weighted by Gasteiger charge is -2.15. The lowest BCUT2D eigenvalue weighted by Crippen LogP contribution is -2.41. The Balaban J connectivity index is 2.09. The van der Waals surface area contributed by atoms with E-state index in [9.17, 15) is 22.8 Å². The number of amides is 1. The molecular formula is C16H14F3NO3. The first kappa shape index (κ1) is 16.8. The Morgan fingerprint density at radius 3 is 2.35 bits per heavy atom. The molecule has 0 aliphatic heterocycles. The van der Waals surface area contributed by atoms with E-state index in [-0.39, 0.29) is 6.42 Å². The van der Waals surface area contributed by atoms with Crippen LogP contribution in [0.25, 0.3) is 10.8 Å². The van der Waals surface area contributed by atoms with E-state index in [4.69, 9.17) is 5.11 Å². The van der Waals surface area contributed by atoms with E-state index in [1.807, 2.05) is 30.3 Å². The third kappa shape index (κ3) is 4.45. The lowest BCUT2D eigenvalue weighted by atomic mass is 9.97. The van der Waals surface area contributed by atoms with Gasteiger partial charge in [0, 0.05) is 6.54 Å². The van der Waals surface area contributed by atoms with Crippen LogP contribution in [0.15, 0.2) is 42.5 Å². The number of hydrogen-bond acceptors (Lipinski definition) is 2. The SMILES string of the molecule is O=C(O)C(CNC(=O)C(F)(F)F)Cc1ccc2ccccc2c1. The molecule has 2 aromatic carbocycles. The fraction of sp³-hybridized carbons (Fsp3) is 0.250. The molecule has 1 amide bonds. The number of carboxylic acid groups (broad SMARTS) is 1. The number of aliphatic carboxylic acids is 1. The quantitative estimate of drug-likeness (QED) is 0.888. The predicted octanol–water partition coefficient (Wildman–Crippen LogP) is 2.76. The molecule has 0 aromatic heterocycles. The molecule has 7 heteroatoms. The van der Waals surface area contributed by atoms with Crippen molar-refractivity contribution in [3.8, 4) is 0 Å². The molecular weight excluding hydrogens is 311 g/mol. The first-order valence-corrected chi connectivity index (χ1v) is 6.83. The second-order valence-electron chi connectivity index (χ2n) is 5.13. The zero-order chi connectivity index (χ0) is 17.0. The van der Waals surface area contributed by atoms with Gasteiger partial charge in [0.25, 0.3) is 0 Å². The van der Waals surface area contributed by atoms with Crippen molar-refractivity contribution in [2.45, 2.75) is 12.6 Å². The van der Waals surface area contributed by atoms with Gasteiger partial charge in [-0.05, 0) is 22.8 Å². The predicted molar refractivity (Wildman–Crippen MR) is 77.8 cm³/mol. The number of fused-ring (bicyclic) bond motifs is 1. The summed E-state index contributed by atoms with van der Waals surface area (Å²) in [5.41, 5.74) is 0.678. The molecule has 0 bridgehead atoms. The summed E-state index contributed by atoms with van der Waals surface area (Å²) < 4.78 is 36.4. The minimum absolute atomic E-state index is 0.0261. The van der Waals surface area contributed by atoms with Gasteiger partial charge in [0.05, 0.1) is 5.92 Å². The molecule has 0 aliphatic carbocycles. The molecule has 0 fully saturated rings. The average molecular weight is 325 g/mol. The molecule has 1 atom stereocenters. The van der Waals surface area contributed by atoms with Crippen LogP contribution in [-0.2, 0) is 16.0 Å². The highest BCUT2D eigenvalue weighted by molar-refractivity contribution is 5.84.